The number of nitrogens with one attached hydrogen (secondary N) is 1. The highest BCUT2D eigenvalue weighted by Crippen LogP contribution is 2.25. The molecule has 4 heterocycles. The summed E-state index contributed by atoms with van der Waals surface area (Å²) in [6.07, 6.45) is 9.80. The molecular weight excluding hydrogens is 326 g/mol. The Kier molecular flexibility index (Phi) is 4.27. The van der Waals surface area contributed by atoms with Crippen molar-refractivity contribution >= 4 is 16.9 Å². The van der Waals surface area contributed by atoms with E-state index in [9.17, 15) is 0 Å². The Morgan fingerprint density at radius 1 is 1.04 bits per heavy atom. The molecular formula is C19H19N7. The first-order chi connectivity index (χ1) is 12.7. The number of hydrogen-bond acceptors (Lipinski definition) is 6. The molecule has 1 atom stereocenters. The van der Waals surface area contributed by atoms with Crippen LogP contribution in [0.2, 0.25) is 0 Å². The number of nitrogens with zero attached hydrogens (tertiary/aromatic N) is 6. The van der Waals surface area contributed by atoms with Crippen LogP contribution in [0.15, 0.2) is 55.2 Å². The Morgan fingerprint density at radius 3 is 2.65 bits per heavy atom. The fourth-order valence-electron chi connectivity index (χ4n) is 2.92. The molecule has 1 N–H and O–H groups in total. The zero-order valence-electron chi connectivity index (χ0n) is 14.7. The average molecular weight is 345 g/mol. The molecule has 0 saturated heterocycles. The normalized spacial score (nSPS) is 12.2. The molecule has 0 aliphatic carbocycles. The van der Waals surface area contributed by atoms with Crippen LogP contribution in [0.4, 0.5) is 5.82 Å². The number of hydrogen-bond donors (Lipinski definition) is 1. The molecule has 0 aliphatic rings. The fourth-order valence-corrected chi connectivity index (χ4v) is 2.92. The van der Waals surface area contributed by atoms with Crippen molar-refractivity contribution in [3.8, 4) is 11.4 Å². The molecule has 7 heteroatoms. The van der Waals surface area contributed by atoms with E-state index in [1.54, 1.807) is 29.5 Å². The largest absolute Gasteiger partial charge is 0.367 e. The van der Waals surface area contributed by atoms with Crippen LogP contribution in [0.25, 0.3) is 22.4 Å². The Hall–Kier alpha value is -3.35. The molecule has 0 amide bonds. The Bertz CT molecular complexity index is 1010. The lowest BCUT2D eigenvalue weighted by Crippen LogP contribution is -2.19. The van der Waals surface area contributed by atoms with Gasteiger partial charge in [-0.15, -0.1) is 0 Å². The summed E-state index contributed by atoms with van der Waals surface area (Å²) in [6.45, 7) is 2.13. The number of aromatic nitrogens is 6. The van der Waals surface area contributed by atoms with Crippen molar-refractivity contribution in [2.45, 2.75) is 19.4 Å². The zero-order valence-corrected chi connectivity index (χ0v) is 14.7. The van der Waals surface area contributed by atoms with Crippen LogP contribution >= 0.6 is 0 Å². The molecule has 0 aromatic carbocycles. The third-order valence-electron chi connectivity index (χ3n) is 4.18. The van der Waals surface area contributed by atoms with E-state index in [0.29, 0.717) is 5.82 Å². The van der Waals surface area contributed by atoms with Gasteiger partial charge in [0.15, 0.2) is 11.5 Å². The van der Waals surface area contributed by atoms with Crippen LogP contribution < -0.4 is 5.32 Å². The van der Waals surface area contributed by atoms with Crippen LogP contribution in [0.5, 0.6) is 0 Å². The van der Waals surface area contributed by atoms with Gasteiger partial charge < -0.3 is 5.32 Å². The first-order valence-electron chi connectivity index (χ1n) is 8.46. The molecule has 0 fully saturated rings. The van der Waals surface area contributed by atoms with E-state index >= 15 is 0 Å². The highest BCUT2D eigenvalue weighted by atomic mass is 15.3. The molecule has 0 saturated carbocycles. The highest BCUT2D eigenvalue weighted by molar-refractivity contribution is 5.88. The second-order valence-corrected chi connectivity index (χ2v) is 6.25. The van der Waals surface area contributed by atoms with E-state index in [1.807, 2.05) is 31.4 Å². The molecule has 4 aromatic rings. The predicted octanol–water partition coefficient (Wildman–Crippen LogP) is 2.86. The SMILES string of the molecule is C[C@H](Cc1cccnc1)Nc1nc(-c2ccncc2)nc2c1cnn2C. The minimum absolute atomic E-state index is 0.183. The maximum Gasteiger partial charge on any atom is 0.164 e. The summed E-state index contributed by atoms with van der Waals surface area (Å²) in [5.74, 6) is 1.44. The lowest BCUT2D eigenvalue weighted by molar-refractivity contribution is 0.779. The van der Waals surface area contributed by atoms with Gasteiger partial charge in [-0.25, -0.2) is 9.97 Å². The lowest BCUT2D eigenvalue weighted by atomic mass is 10.1. The van der Waals surface area contributed by atoms with Gasteiger partial charge in [0.1, 0.15) is 5.82 Å². The molecule has 0 aliphatic heterocycles. The topological polar surface area (TPSA) is 81.4 Å². The molecule has 26 heavy (non-hydrogen) atoms. The zero-order chi connectivity index (χ0) is 17.9. The van der Waals surface area contributed by atoms with Gasteiger partial charge in [-0.3, -0.25) is 14.6 Å². The third-order valence-corrected chi connectivity index (χ3v) is 4.18. The minimum Gasteiger partial charge on any atom is -0.367 e. The van der Waals surface area contributed by atoms with E-state index in [1.165, 1.54) is 5.56 Å². The van der Waals surface area contributed by atoms with Crippen molar-refractivity contribution in [3.05, 3.63) is 60.8 Å². The Balaban J connectivity index is 1.69. The molecule has 4 aromatic heterocycles. The quantitative estimate of drug-likeness (QED) is 0.599. The fraction of sp³-hybridized carbons (Fsp3) is 0.211. The van der Waals surface area contributed by atoms with Crippen molar-refractivity contribution in [2.24, 2.45) is 7.05 Å². The van der Waals surface area contributed by atoms with Crippen LogP contribution in [0, 0.1) is 0 Å². The maximum atomic E-state index is 4.75. The second-order valence-electron chi connectivity index (χ2n) is 6.25. The summed E-state index contributed by atoms with van der Waals surface area (Å²) >= 11 is 0. The number of aryl methyl sites for hydroxylation is 1. The van der Waals surface area contributed by atoms with Crippen molar-refractivity contribution in [1.29, 1.82) is 0 Å². The van der Waals surface area contributed by atoms with Crippen molar-refractivity contribution in [2.75, 3.05) is 5.32 Å². The van der Waals surface area contributed by atoms with E-state index < -0.39 is 0 Å². The van der Waals surface area contributed by atoms with Crippen LogP contribution in [0.3, 0.4) is 0 Å². The predicted molar refractivity (Wildman–Crippen MR) is 101 cm³/mol. The minimum atomic E-state index is 0.183. The first-order valence-corrected chi connectivity index (χ1v) is 8.46. The summed E-state index contributed by atoms with van der Waals surface area (Å²) < 4.78 is 1.76. The second kappa shape index (κ2) is 6.87. The molecule has 0 unspecified atom stereocenters. The van der Waals surface area contributed by atoms with E-state index in [4.69, 9.17) is 4.98 Å². The number of rotatable bonds is 5. The van der Waals surface area contributed by atoms with Crippen molar-refractivity contribution in [1.82, 2.24) is 29.7 Å². The first kappa shape index (κ1) is 16.1. The van der Waals surface area contributed by atoms with E-state index in [0.717, 1.165) is 28.8 Å². The highest BCUT2D eigenvalue weighted by Gasteiger charge is 2.14. The number of fused-ring (bicyclic) bond motifs is 1. The summed E-state index contributed by atoms with van der Waals surface area (Å²) in [5.41, 5.74) is 2.90. The van der Waals surface area contributed by atoms with Gasteiger partial charge in [0.25, 0.3) is 0 Å². The molecule has 130 valence electrons. The lowest BCUT2D eigenvalue weighted by Gasteiger charge is -2.16. The van der Waals surface area contributed by atoms with Gasteiger partial charge in [-0.05, 0) is 37.1 Å². The standard InChI is InChI=1S/C19H19N7/c1-13(10-14-4-3-7-21-11-14)23-18-16-12-22-26(2)19(16)25-17(24-18)15-5-8-20-9-6-15/h3-9,11-13H,10H2,1-2H3,(H,23,24,25)/t13-/m1/s1. The van der Waals surface area contributed by atoms with Crippen LogP contribution in [-0.2, 0) is 13.5 Å². The van der Waals surface area contributed by atoms with Crippen molar-refractivity contribution < 1.29 is 0 Å². The smallest absolute Gasteiger partial charge is 0.164 e. The third kappa shape index (κ3) is 3.23. The molecule has 0 spiro atoms. The van der Waals surface area contributed by atoms with Gasteiger partial charge in [-0.1, -0.05) is 6.07 Å². The summed E-state index contributed by atoms with van der Waals surface area (Å²) in [4.78, 5) is 17.7. The Labute approximate surface area is 151 Å². The molecule has 0 bridgehead atoms. The van der Waals surface area contributed by atoms with Crippen LogP contribution in [-0.4, -0.2) is 35.8 Å². The Morgan fingerprint density at radius 2 is 1.88 bits per heavy atom. The summed E-state index contributed by atoms with van der Waals surface area (Å²) in [6, 6.07) is 8.02. The summed E-state index contributed by atoms with van der Waals surface area (Å²) in [5, 5.41) is 8.75. The van der Waals surface area contributed by atoms with Gasteiger partial charge in [0.05, 0.1) is 11.6 Å². The maximum absolute atomic E-state index is 4.75. The van der Waals surface area contributed by atoms with E-state index in [-0.39, 0.29) is 6.04 Å². The summed E-state index contributed by atoms with van der Waals surface area (Å²) in [7, 11) is 1.88. The average Bonchev–Trinajstić information content (AvgIpc) is 3.04. The van der Waals surface area contributed by atoms with Crippen molar-refractivity contribution in [3.63, 3.8) is 0 Å². The molecule has 4 rings (SSSR count). The molecule has 0 radical (unpaired) electrons. The van der Waals surface area contributed by atoms with Gasteiger partial charge in [0.2, 0.25) is 0 Å². The van der Waals surface area contributed by atoms with E-state index in [2.05, 4.69) is 38.4 Å². The monoisotopic (exact) mass is 345 g/mol. The number of anilines is 1. The van der Waals surface area contributed by atoms with Crippen LogP contribution in [0.1, 0.15) is 12.5 Å². The van der Waals surface area contributed by atoms with Gasteiger partial charge in [-0.2, -0.15) is 5.10 Å². The number of pyridine rings is 2. The molecule has 7 nitrogen and oxygen atoms in total. The van der Waals surface area contributed by atoms with Gasteiger partial charge >= 0.3 is 0 Å². The van der Waals surface area contributed by atoms with Gasteiger partial charge in [0, 0.05) is 43.4 Å².